The van der Waals surface area contributed by atoms with E-state index in [-0.39, 0.29) is 5.41 Å². The summed E-state index contributed by atoms with van der Waals surface area (Å²) in [7, 11) is 0. The standard InChI is InChI=1S/C49H34/c1-49(2)43-21-11-20-38(47(43)48-37-15-6-5-13-32(37)28-29-44(48)49)33-23-25-34(26-24-33)45-39-16-7-9-18-41(39)46(42-19-10-8-17-40(42)45)36-27-22-31-12-3-4-14-35(31)30-36/h3-30H,1-2H3. The highest BCUT2D eigenvalue weighted by Crippen LogP contribution is 2.54. The number of rotatable bonds is 3. The molecule has 0 fully saturated rings. The molecule has 0 amide bonds. The Kier molecular flexibility index (Phi) is 6.02. The second-order valence-electron chi connectivity index (χ2n) is 14.0. The van der Waals surface area contributed by atoms with Crippen molar-refractivity contribution < 1.29 is 0 Å². The van der Waals surface area contributed by atoms with Crippen molar-refractivity contribution in [2.24, 2.45) is 0 Å². The van der Waals surface area contributed by atoms with Crippen LogP contribution in [0.25, 0.3) is 87.6 Å². The Morgan fingerprint density at radius 1 is 0.306 bits per heavy atom. The van der Waals surface area contributed by atoms with E-state index in [0.717, 1.165) is 0 Å². The molecular weight excluding hydrogens is 589 g/mol. The molecule has 0 heterocycles. The molecule has 0 saturated carbocycles. The van der Waals surface area contributed by atoms with Gasteiger partial charge in [-0.05, 0) is 105 Å². The summed E-state index contributed by atoms with van der Waals surface area (Å²) >= 11 is 0. The third-order valence-corrected chi connectivity index (χ3v) is 11.0. The molecule has 0 spiro atoms. The van der Waals surface area contributed by atoms with Crippen LogP contribution in [-0.4, -0.2) is 0 Å². The third kappa shape index (κ3) is 4.11. The monoisotopic (exact) mass is 622 g/mol. The minimum atomic E-state index is -0.0603. The molecular formula is C49H34. The van der Waals surface area contributed by atoms with Gasteiger partial charge in [-0.3, -0.25) is 0 Å². The van der Waals surface area contributed by atoms with Crippen molar-refractivity contribution in [3.05, 3.63) is 181 Å². The van der Waals surface area contributed by atoms with E-state index in [4.69, 9.17) is 0 Å². The molecule has 9 aromatic rings. The summed E-state index contributed by atoms with van der Waals surface area (Å²) in [6, 6.07) is 63.1. The summed E-state index contributed by atoms with van der Waals surface area (Å²) < 4.78 is 0. The molecule has 0 unspecified atom stereocenters. The van der Waals surface area contributed by atoms with Gasteiger partial charge in [-0.25, -0.2) is 0 Å². The van der Waals surface area contributed by atoms with Gasteiger partial charge in [0.25, 0.3) is 0 Å². The Morgan fingerprint density at radius 2 is 0.796 bits per heavy atom. The zero-order chi connectivity index (χ0) is 32.7. The molecule has 10 rings (SSSR count). The quantitative estimate of drug-likeness (QED) is 0.172. The largest absolute Gasteiger partial charge is 0.0616 e. The lowest BCUT2D eigenvalue weighted by molar-refractivity contribution is 0.661. The Labute approximate surface area is 286 Å². The van der Waals surface area contributed by atoms with Crippen LogP contribution in [-0.2, 0) is 5.41 Å². The smallest absolute Gasteiger partial charge is 0.0159 e. The summed E-state index contributed by atoms with van der Waals surface area (Å²) in [4.78, 5) is 0. The third-order valence-electron chi connectivity index (χ3n) is 11.0. The van der Waals surface area contributed by atoms with E-state index in [1.54, 1.807) is 0 Å². The van der Waals surface area contributed by atoms with E-state index in [0.29, 0.717) is 0 Å². The van der Waals surface area contributed by atoms with Gasteiger partial charge in [0.1, 0.15) is 0 Å². The average molecular weight is 623 g/mol. The van der Waals surface area contributed by atoms with Crippen LogP contribution in [0.3, 0.4) is 0 Å². The molecule has 0 aliphatic heterocycles. The van der Waals surface area contributed by atoms with Crippen LogP contribution in [0.5, 0.6) is 0 Å². The molecule has 0 N–H and O–H groups in total. The van der Waals surface area contributed by atoms with Crippen LogP contribution in [0.2, 0.25) is 0 Å². The molecule has 0 heteroatoms. The van der Waals surface area contributed by atoms with Crippen molar-refractivity contribution in [1.82, 2.24) is 0 Å². The summed E-state index contributed by atoms with van der Waals surface area (Å²) in [5.74, 6) is 0. The van der Waals surface area contributed by atoms with Crippen molar-refractivity contribution in [1.29, 1.82) is 0 Å². The van der Waals surface area contributed by atoms with Gasteiger partial charge in [0.2, 0.25) is 0 Å². The highest BCUT2D eigenvalue weighted by molar-refractivity contribution is 6.21. The summed E-state index contributed by atoms with van der Waals surface area (Å²) in [5.41, 5.74) is 13.1. The number of hydrogen-bond donors (Lipinski definition) is 0. The maximum atomic E-state index is 2.37. The molecule has 0 nitrogen and oxygen atoms in total. The van der Waals surface area contributed by atoms with Gasteiger partial charge in [0.05, 0.1) is 0 Å². The molecule has 9 aromatic carbocycles. The summed E-state index contributed by atoms with van der Waals surface area (Å²) in [6.07, 6.45) is 0. The Morgan fingerprint density at radius 3 is 1.47 bits per heavy atom. The average Bonchev–Trinajstić information content (AvgIpc) is 3.40. The van der Waals surface area contributed by atoms with Crippen LogP contribution < -0.4 is 0 Å². The minimum Gasteiger partial charge on any atom is -0.0616 e. The maximum absolute atomic E-state index is 2.37. The van der Waals surface area contributed by atoms with Crippen molar-refractivity contribution in [3.63, 3.8) is 0 Å². The van der Waals surface area contributed by atoms with E-state index in [9.17, 15) is 0 Å². The van der Waals surface area contributed by atoms with Gasteiger partial charge < -0.3 is 0 Å². The molecule has 0 saturated heterocycles. The zero-order valence-corrected chi connectivity index (χ0v) is 27.7. The second kappa shape index (κ2) is 10.5. The van der Waals surface area contributed by atoms with E-state index in [1.165, 1.54) is 98.7 Å². The number of benzene rings is 9. The summed E-state index contributed by atoms with van der Waals surface area (Å²) in [6.45, 7) is 4.74. The Bertz CT molecular complexity index is 2720. The fourth-order valence-electron chi connectivity index (χ4n) is 8.70. The van der Waals surface area contributed by atoms with Gasteiger partial charge in [0, 0.05) is 5.41 Å². The lowest BCUT2D eigenvalue weighted by Gasteiger charge is -2.21. The lowest BCUT2D eigenvalue weighted by atomic mass is 9.81. The topological polar surface area (TPSA) is 0 Å². The highest BCUT2D eigenvalue weighted by atomic mass is 14.4. The molecule has 0 bridgehead atoms. The fraction of sp³-hybridized carbons (Fsp3) is 0.0612. The fourth-order valence-corrected chi connectivity index (χ4v) is 8.70. The molecule has 0 atom stereocenters. The number of fused-ring (bicyclic) bond motifs is 8. The van der Waals surface area contributed by atoms with E-state index >= 15 is 0 Å². The normalized spacial score (nSPS) is 13.3. The van der Waals surface area contributed by atoms with E-state index in [1.807, 2.05) is 0 Å². The summed E-state index contributed by atoms with van der Waals surface area (Å²) in [5, 5.41) is 10.3. The molecule has 1 aliphatic rings. The van der Waals surface area contributed by atoms with Gasteiger partial charge in [-0.2, -0.15) is 0 Å². The van der Waals surface area contributed by atoms with Gasteiger partial charge >= 0.3 is 0 Å². The lowest BCUT2D eigenvalue weighted by Crippen LogP contribution is -2.14. The van der Waals surface area contributed by atoms with Crippen LogP contribution in [0.1, 0.15) is 25.0 Å². The van der Waals surface area contributed by atoms with Crippen LogP contribution in [0, 0.1) is 0 Å². The van der Waals surface area contributed by atoms with Crippen LogP contribution >= 0.6 is 0 Å². The first kappa shape index (κ1) is 28.1. The second-order valence-corrected chi connectivity index (χ2v) is 14.0. The Hall–Kier alpha value is -5.98. The molecule has 1 aliphatic carbocycles. The van der Waals surface area contributed by atoms with Crippen molar-refractivity contribution in [2.45, 2.75) is 19.3 Å². The van der Waals surface area contributed by atoms with Crippen molar-refractivity contribution in [2.75, 3.05) is 0 Å². The van der Waals surface area contributed by atoms with Crippen molar-refractivity contribution >= 4 is 43.1 Å². The molecule has 230 valence electrons. The predicted octanol–water partition coefficient (Wildman–Crippen LogP) is 13.6. The zero-order valence-electron chi connectivity index (χ0n) is 27.7. The van der Waals surface area contributed by atoms with E-state index in [2.05, 4.69) is 184 Å². The Balaban J connectivity index is 1.17. The highest BCUT2D eigenvalue weighted by Gasteiger charge is 2.37. The molecule has 0 radical (unpaired) electrons. The minimum absolute atomic E-state index is 0.0603. The first-order chi connectivity index (χ1) is 24.1. The maximum Gasteiger partial charge on any atom is 0.0159 e. The van der Waals surface area contributed by atoms with Gasteiger partial charge in [-0.1, -0.05) is 178 Å². The van der Waals surface area contributed by atoms with Gasteiger partial charge in [-0.15, -0.1) is 0 Å². The SMILES string of the molecule is CC1(C)c2cccc(-c3ccc(-c4c5ccccc5c(-c5ccc6ccccc6c5)c5ccccc45)cc3)c2-c2c1ccc1ccccc21. The van der Waals surface area contributed by atoms with E-state index < -0.39 is 0 Å². The first-order valence-electron chi connectivity index (χ1n) is 17.3. The number of hydrogen-bond acceptors (Lipinski definition) is 0. The predicted molar refractivity (Wildman–Crippen MR) is 210 cm³/mol. The van der Waals surface area contributed by atoms with Gasteiger partial charge in [0.15, 0.2) is 0 Å². The first-order valence-corrected chi connectivity index (χ1v) is 17.3. The van der Waals surface area contributed by atoms with Crippen LogP contribution in [0.4, 0.5) is 0 Å². The molecule has 49 heavy (non-hydrogen) atoms. The molecule has 0 aromatic heterocycles. The van der Waals surface area contributed by atoms with Crippen molar-refractivity contribution in [3.8, 4) is 44.5 Å². The van der Waals surface area contributed by atoms with Crippen LogP contribution in [0.15, 0.2) is 170 Å².